The zero-order valence-corrected chi connectivity index (χ0v) is 26.6. The van der Waals surface area contributed by atoms with Crippen molar-refractivity contribution in [3.8, 4) is 0 Å². The van der Waals surface area contributed by atoms with Crippen molar-refractivity contribution in [2.75, 3.05) is 18.9 Å². The third-order valence-corrected chi connectivity index (χ3v) is 8.99. The predicted molar refractivity (Wildman–Crippen MR) is 166 cm³/mol. The molecule has 0 radical (unpaired) electrons. The van der Waals surface area contributed by atoms with Crippen molar-refractivity contribution >= 4 is 24.8 Å². The molecule has 1 aliphatic rings. The minimum Gasteiger partial charge on any atom is -0.390 e. The molecule has 0 aliphatic carbocycles. The average molecular weight is 648 g/mol. The Hall–Kier alpha value is -1.90. The van der Waals surface area contributed by atoms with Crippen LogP contribution in [-0.2, 0) is 18.3 Å². The summed E-state index contributed by atoms with van der Waals surface area (Å²) in [5.41, 5.74) is 11.2. The number of nitrogens with zero attached hydrogens (tertiary/aromatic N) is 2. The Morgan fingerprint density at radius 1 is 1.11 bits per heavy atom. The van der Waals surface area contributed by atoms with E-state index in [2.05, 4.69) is 16.9 Å². The summed E-state index contributed by atoms with van der Waals surface area (Å²) in [4.78, 5) is 28.6. The minimum absolute atomic E-state index is 0.130. The van der Waals surface area contributed by atoms with E-state index in [1.807, 2.05) is 0 Å². The monoisotopic (exact) mass is 647 g/mol. The highest BCUT2D eigenvalue weighted by Gasteiger charge is 2.39. The third-order valence-electron chi connectivity index (χ3n) is 8.04. The van der Waals surface area contributed by atoms with Gasteiger partial charge in [-0.3, -0.25) is 18.8 Å². The van der Waals surface area contributed by atoms with Crippen LogP contribution in [0.15, 0.2) is 17.1 Å². The van der Waals surface area contributed by atoms with Gasteiger partial charge < -0.3 is 35.9 Å². The number of nitrogen functional groups attached to an aromatic ring is 1. The molecule has 1 aliphatic heterocycles. The lowest BCUT2D eigenvalue weighted by atomic mass is 10.00. The van der Waals surface area contributed by atoms with E-state index in [0.717, 1.165) is 25.7 Å². The van der Waals surface area contributed by atoms with Crippen LogP contribution in [0, 0.1) is 0 Å². The van der Waals surface area contributed by atoms with Gasteiger partial charge in [0.2, 0.25) is 5.95 Å². The van der Waals surface area contributed by atoms with E-state index in [-0.39, 0.29) is 23.4 Å². The van der Waals surface area contributed by atoms with Crippen LogP contribution >= 0.6 is 7.82 Å². The second kappa shape index (κ2) is 18.3. The van der Waals surface area contributed by atoms with Crippen molar-refractivity contribution in [1.82, 2.24) is 14.5 Å². The minimum atomic E-state index is -4.63. The zero-order chi connectivity index (χ0) is 32.1. The highest BCUT2D eigenvalue weighted by Crippen LogP contribution is 2.45. The molecular formula is C29H51FN5O8P. The fourth-order valence-corrected chi connectivity index (χ4v) is 6.25. The first-order valence-corrected chi connectivity index (χ1v) is 17.4. The molecule has 3 rings (SSSR count). The molecule has 3 heterocycles. The van der Waals surface area contributed by atoms with Gasteiger partial charge in [0.1, 0.15) is 6.17 Å². The number of phosphoric acid groups is 1. The van der Waals surface area contributed by atoms with Crippen molar-refractivity contribution in [2.24, 2.45) is 5.73 Å². The van der Waals surface area contributed by atoms with Crippen molar-refractivity contribution < 1.29 is 37.8 Å². The molecule has 2 aromatic rings. The van der Waals surface area contributed by atoms with Gasteiger partial charge in [0.15, 0.2) is 11.9 Å². The van der Waals surface area contributed by atoms with Crippen LogP contribution in [0.25, 0.3) is 11.0 Å². The predicted octanol–water partition coefficient (Wildman–Crippen LogP) is 4.21. The first kappa shape index (κ1) is 36.6. The van der Waals surface area contributed by atoms with E-state index in [4.69, 9.17) is 25.3 Å². The SMILES string of the molecule is CCCCCCCCCCCCCC[C@@H](O)[C@@H](O)[C@@H](N)COP(=O)(O)OC[C@@H]1C[C@H](F)[C@H](n2ccc3c(=O)[nH]c(N)nc32)O1. The standard InChI is InChI=1S/C29H51FN5O8P/c1-2-3-4-5-6-7-8-9-10-11-12-13-14-24(36)25(37)23(31)19-42-44(39,40)41-18-20-17-22(30)28(43-20)35-16-15-21-26(35)33-29(32)34-27(21)38/h15-16,20,22-25,28,36-37H,2-14,17-19,31H2,1H3,(H,39,40)(H3,32,33,34,38)/t20-,22-,23-,24+,25-,28+/m0/s1. The fraction of sp³-hybridized carbons (Fsp3) is 0.793. The van der Waals surface area contributed by atoms with E-state index in [0.29, 0.717) is 6.42 Å². The highest BCUT2D eigenvalue weighted by atomic mass is 31.2. The van der Waals surface area contributed by atoms with E-state index >= 15 is 0 Å². The number of phosphoric ester groups is 1. The molecule has 0 spiro atoms. The van der Waals surface area contributed by atoms with E-state index in [1.54, 1.807) is 0 Å². The molecule has 0 bridgehead atoms. The normalized spacial score (nSPS) is 22.3. The summed E-state index contributed by atoms with van der Waals surface area (Å²) in [6.45, 7) is 1.22. The number of anilines is 1. The lowest BCUT2D eigenvalue weighted by Gasteiger charge is -2.24. The van der Waals surface area contributed by atoms with Gasteiger partial charge in [-0.2, -0.15) is 4.98 Å². The number of aliphatic hydroxyl groups is 2. The second-order valence-electron chi connectivity index (χ2n) is 11.8. The summed E-state index contributed by atoms with van der Waals surface area (Å²) in [6, 6.07) is 0.336. The molecule has 0 amide bonds. The Balaban J connectivity index is 1.30. The molecule has 1 fully saturated rings. The molecule has 0 aromatic carbocycles. The number of H-pyrrole nitrogens is 1. The lowest BCUT2D eigenvalue weighted by Crippen LogP contribution is -2.45. The summed E-state index contributed by atoms with van der Waals surface area (Å²) in [7, 11) is -4.63. The molecule has 15 heteroatoms. The van der Waals surface area contributed by atoms with Crippen molar-refractivity contribution in [3.63, 3.8) is 0 Å². The number of alkyl halides is 1. The largest absolute Gasteiger partial charge is 0.472 e. The number of hydrogen-bond acceptors (Lipinski definition) is 10. The highest BCUT2D eigenvalue weighted by molar-refractivity contribution is 7.47. The number of fused-ring (bicyclic) bond motifs is 1. The van der Waals surface area contributed by atoms with Gasteiger partial charge in [0.05, 0.1) is 43.0 Å². The molecule has 44 heavy (non-hydrogen) atoms. The van der Waals surface area contributed by atoms with Crippen LogP contribution in [0.3, 0.4) is 0 Å². The van der Waals surface area contributed by atoms with Gasteiger partial charge >= 0.3 is 7.82 Å². The number of nitrogens with two attached hydrogens (primary N) is 2. The van der Waals surface area contributed by atoms with Crippen LogP contribution in [0.5, 0.6) is 0 Å². The van der Waals surface area contributed by atoms with Crippen LogP contribution in [-0.4, -0.2) is 73.4 Å². The van der Waals surface area contributed by atoms with Crippen LogP contribution in [0.1, 0.15) is 103 Å². The molecule has 0 saturated carbocycles. The number of halogens is 1. The smallest absolute Gasteiger partial charge is 0.390 e. The number of ether oxygens (including phenoxy) is 1. The number of rotatable bonds is 22. The Kier molecular flexibility index (Phi) is 15.2. The molecule has 1 unspecified atom stereocenters. The summed E-state index contributed by atoms with van der Waals surface area (Å²) >= 11 is 0. The topological polar surface area (TPSA) is 208 Å². The van der Waals surface area contributed by atoms with Crippen molar-refractivity contribution in [3.05, 3.63) is 22.6 Å². The Morgan fingerprint density at radius 3 is 2.36 bits per heavy atom. The lowest BCUT2D eigenvalue weighted by molar-refractivity contribution is -0.0377. The van der Waals surface area contributed by atoms with Crippen LogP contribution in [0.4, 0.5) is 10.3 Å². The molecular weight excluding hydrogens is 596 g/mol. The maximum absolute atomic E-state index is 14.8. The first-order chi connectivity index (χ1) is 21.0. The summed E-state index contributed by atoms with van der Waals surface area (Å²) in [5, 5.41) is 20.9. The maximum Gasteiger partial charge on any atom is 0.472 e. The fourth-order valence-electron chi connectivity index (χ4n) is 5.46. The number of aromatic nitrogens is 3. The third kappa shape index (κ3) is 11.5. The quantitative estimate of drug-likeness (QED) is 0.0788. The zero-order valence-electron chi connectivity index (χ0n) is 25.7. The van der Waals surface area contributed by atoms with Gasteiger partial charge in [-0.05, 0) is 12.5 Å². The first-order valence-electron chi connectivity index (χ1n) is 15.9. The molecule has 7 atom stereocenters. The van der Waals surface area contributed by atoms with Gasteiger partial charge in [0.25, 0.3) is 5.56 Å². The van der Waals surface area contributed by atoms with Gasteiger partial charge in [0, 0.05) is 12.6 Å². The number of aliphatic hydroxyl groups excluding tert-OH is 2. The average Bonchev–Trinajstić information content (AvgIpc) is 3.57. The van der Waals surface area contributed by atoms with E-state index < -0.39 is 63.3 Å². The van der Waals surface area contributed by atoms with Gasteiger partial charge in [-0.15, -0.1) is 0 Å². The number of nitrogens with one attached hydrogen (secondary N) is 1. The summed E-state index contributed by atoms with van der Waals surface area (Å²) < 4.78 is 44.2. The van der Waals surface area contributed by atoms with E-state index in [1.165, 1.54) is 68.2 Å². The summed E-state index contributed by atoms with van der Waals surface area (Å²) in [5.74, 6) is -0.130. The molecule has 252 valence electrons. The summed E-state index contributed by atoms with van der Waals surface area (Å²) in [6.07, 6.45) is 9.90. The van der Waals surface area contributed by atoms with Crippen LogP contribution < -0.4 is 17.0 Å². The number of hydrogen-bond donors (Lipinski definition) is 6. The van der Waals surface area contributed by atoms with Gasteiger partial charge in [-0.1, -0.05) is 84.0 Å². The molecule has 2 aromatic heterocycles. The molecule has 13 nitrogen and oxygen atoms in total. The number of unbranched alkanes of at least 4 members (excludes halogenated alkanes) is 11. The van der Waals surface area contributed by atoms with Gasteiger partial charge in [-0.25, -0.2) is 8.96 Å². The Bertz CT molecular complexity index is 1230. The van der Waals surface area contributed by atoms with Crippen molar-refractivity contribution in [2.45, 2.75) is 134 Å². The van der Waals surface area contributed by atoms with Crippen LogP contribution in [0.2, 0.25) is 0 Å². The second-order valence-corrected chi connectivity index (χ2v) is 13.2. The Labute approximate surface area is 258 Å². The molecule has 1 saturated heterocycles. The molecule has 8 N–H and O–H groups in total. The van der Waals surface area contributed by atoms with E-state index in [9.17, 15) is 28.9 Å². The maximum atomic E-state index is 14.8. The Morgan fingerprint density at radius 2 is 1.73 bits per heavy atom. The van der Waals surface area contributed by atoms with Crippen molar-refractivity contribution in [1.29, 1.82) is 0 Å². The number of aromatic amines is 1.